The highest BCUT2D eigenvalue weighted by Gasteiger charge is 2.52. The first-order chi connectivity index (χ1) is 36.6. The lowest BCUT2D eigenvalue weighted by molar-refractivity contribution is 0.796. The van der Waals surface area contributed by atoms with E-state index in [0.29, 0.717) is 0 Å². The van der Waals surface area contributed by atoms with Crippen molar-refractivity contribution in [1.29, 1.82) is 0 Å². The average molecular weight is 979 g/mol. The number of anilines is 6. The summed E-state index contributed by atoms with van der Waals surface area (Å²) in [6.45, 7) is 6.31. The molecule has 0 aliphatic heterocycles. The third-order valence-electron chi connectivity index (χ3n) is 15.7. The summed E-state index contributed by atoms with van der Waals surface area (Å²) >= 11 is 3.68. The molecule has 11 aromatic carbocycles. The molecule has 0 atom stereocenters. The third kappa shape index (κ3) is 6.16. The van der Waals surface area contributed by atoms with E-state index in [9.17, 15) is 0 Å². The summed E-state index contributed by atoms with van der Waals surface area (Å²) in [5.74, 6) is 0. The number of fused-ring (bicyclic) bond motifs is 16. The van der Waals surface area contributed by atoms with Crippen LogP contribution in [0.3, 0.4) is 0 Å². The van der Waals surface area contributed by atoms with Crippen molar-refractivity contribution < 1.29 is 0 Å². The van der Waals surface area contributed by atoms with Crippen LogP contribution in [0.2, 0.25) is 0 Å². The van der Waals surface area contributed by atoms with E-state index in [2.05, 4.69) is 266 Å². The maximum absolute atomic E-state index is 4.22. The van der Waals surface area contributed by atoms with Gasteiger partial charge in [0, 0.05) is 54.0 Å². The van der Waals surface area contributed by atoms with Gasteiger partial charge in [0.1, 0.15) is 0 Å². The lowest BCUT2D eigenvalue weighted by Gasteiger charge is -2.31. The Morgan fingerprint density at radius 3 is 1.46 bits per heavy atom. The van der Waals surface area contributed by atoms with Gasteiger partial charge in [-0.2, -0.15) is 0 Å². The van der Waals surface area contributed by atoms with Gasteiger partial charge in [0.2, 0.25) is 0 Å². The molecule has 0 saturated carbocycles. The molecule has 348 valence electrons. The lowest BCUT2D eigenvalue weighted by atomic mass is 9.70. The molecule has 2 nitrogen and oxygen atoms in total. The molecule has 0 unspecified atom stereocenters. The molecule has 74 heavy (non-hydrogen) atoms. The van der Waals surface area contributed by atoms with Crippen molar-refractivity contribution in [3.8, 4) is 22.3 Å². The molecular formula is C70H46N2S2. The molecule has 2 aliphatic rings. The molecule has 0 bridgehead atoms. The molecule has 0 saturated heterocycles. The van der Waals surface area contributed by atoms with Gasteiger partial charge >= 0.3 is 0 Å². The van der Waals surface area contributed by atoms with Crippen LogP contribution in [-0.2, 0) is 5.41 Å². The van der Waals surface area contributed by atoms with Crippen LogP contribution in [0.5, 0.6) is 0 Å². The van der Waals surface area contributed by atoms with Gasteiger partial charge in [0.05, 0.1) is 26.2 Å². The van der Waals surface area contributed by atoms with E-state index >= 15 is 0 Å². The summed E-state index contributed by atoms with van der Waals surface area (Å²) in [6.07, 6.45) is 6.33. The van der Waals surface area contributed by atoms with Gasteiger partial charge in [-0.1, -0.05) is 164 Å². The molecule has 0 N–H and O–H groups in total. The van der Waals surface area contributed by atoms with Crippen molar-refractivity contribution in [2.24, 2.45) is 0 Å². The van der Waals surface area contributed by atoms with Crippen molar-refractivity contribution in [2.45, 2.75) is 12.3 Å². The maximum Gasteiger partial charge on any atom is 0.0725 e. The van der Waals surface area contributed by atoms with Gasteiger partial charge < -0.3 is 9.80 Å². The monoisotopic (exact) mass is 978 g/mol. The zero-order chi connectivity index (χ0) is 49.1. The molecular weight excluding hydrogens is 933 g/mol. The van der Waals surface area contributed by atoms with Gasteiger partial charge in [0.15, 0.2) is 0 Å². The van der Waals surface area contributed by atoms with E-state index in [1.54, 1.807) is 0 Å². The summed E-state index contributed by atoms with van der Waals surface area (Å²) in [6, 6.07) is 86.4. The summed E-state index contributed by atoms with van der Waals surface area (Å²) in [4.78, 5) is 6.07. The average Bonchev–Trinajstić information content (AvgIpc) is 4.34. The van der Waals surface area contributed by atoms with E-state index in [1.807, 2.05) is 28.7 Å². The number of hydrogen-bond acceptors (Lipinski definition) is 4. The first-order valence-electron chi connectivity index (χ1n) is 25.4. The Balaban J connectivity index is 0.953. The van der Waals surface area contributed by atoms with E-state index in [-0.39, 0.29) is 0 Å². The molecule has 0 fully saturated rings. The van der Waals surface area contributed by atoms with Crippen molar-refractivity contribution in [3.05, 3.63) is 276 Å². The van der Waals surface area contributed by atoms with E-state index in [4.69, 9.17) is 0 Å². The van der Waals surface area contributed by atoms with E-state index in [1.165, 1.54) is 112 Å². The van der Waals surface area contributed by atoms with Crippen LogP contribution < -0.4 is 9.80 Å². The number of rotatable bonds is 8. The van der Waals surface area contributed by atoms with Gasteiger partial charge in [-0.3, -0.25) is 0 Å². The minimum atomic E-state index is -0.542. The van der Waals surface area contributed by atoms with Crippen LogP contribution in [0.15, 0.2) is 243 Å². The largest absolute Gasteiger partial charge is 0.309 e. The van der Waals surface area contributed by atoms with Crippen LogP contribution in [0, 0.1) is 0 Å². The van der Waals surface area contributed by atoms with E-state index < -0.39 is 5.41 Å². The Bertz CT molecular complexity index is 4440. The van der Waals surface area contributed by atoms with Crippen molar-refractivity contribution >= 4 is 121 Å². The Morgan fingerprint density at radius 2 is 0.892 bits per heavy atom. The summed E-state index contributed by atoms with van der Waals surface area (Å²) in [5.41, 5.74) is 18.0. The van der Waals surface area contributed by atoms with Crippen LogP contribution >= 0.6 is 22.7 Å². The fourth-order valence-corrected chi connectivity index (χ4v) is 14.9. The van der Waals surface area contributed by atoms with Crippen molar-refractivity contribution in [1.82, 2.24) is 0 Å². The fourth-order valence-electron chi connectivity index (χ4n) is 12.6. The summed E-state index contributed by atoms with van der Waals surface area (Å²) in [7, 11) is 0. The molecule has 4 heteroatoms. The topological polar surface area (TPSA) is 6.48 Å². The quantitative estimate of drug-likeness (QED) is 0.150. The van der Waals surface area contributed by atoms with Crippen molar-refractivity contribution in [3.63, 3.8) is 0 Å². The second kappa shape index (κ2) is 16.6. The zero-order valence-electron chi connectivity index (χ0n) is 40.6. The van der Waals surface area contributed by atoms with Crippen LogP contribution in [0.4, 0.5) is 34.1 Å². The van der Waals surface area contributed by atoms with Crippen molar-refractivity contribution in [2.75, 3.05) is 9.80 Å². The predicted octanol–water partition coefficient (Wildman–Crippen LogP) is 20.5. The minimum absolute atomic E-state index is 0.542. The lowest BCUT2D eigenvalue weighted by Crippen LogP contribution is -2.25. The van der Waals surface area contributed by atoms with E-state index in [0.717, 1.165) is 28.4 Å². The number of nitrogens with zero attached hydrogens (tertiary/aromatic N) is 2. The highest BCUT2D eigenvalue weighted by molar-refractivity contribution is 7.26. The Morgan fingerprint density at radius 1 is 0.392 bits per heavy atom. The second-order valence-corrected chi connectivity index (χ2v) is 21.6. The first-order valence-corrected chi connectivity index (χ1v) is 27.0. The molecule has 2 aromatic heterocycles. The maximum atomic E-state index is 4.22. The first kappa shape index (κ1) is 42.8. The minimum Gasteiger partial charge on any atom is -0.309 e. The van der Waals surface area contributed by atoms with Gasteiger partial charge in [-0.25, -0.2) is 0 Å². The number of hydrogen-bond donors (Lipinski definition) is 0. The number of para-hydroxylation sites is 2. The molecule has 0 radical (unpaired) electrons. The molecule has 15 rings (SSSR count). The number of thiophene rings is 2. The SMILES string of the molecule is C=Cc1sc2c(N(c3ccccc3)c3ccc4cc5c(cc4c3)C3(c4ccccc4-c4ccccc43)c3cc4cc(N(c6ccccc6)c6cccc7c6sc6ccccc67)ccc4cc3-5)cccc2c1/C=C\C. The second-order valence-electron chi connectivity index (χ2n) is 19.5. The summed E-state index contributed by atoms with van der Waals surface area (Å²) < 4.78 is 3.82. The Kier molecular flexibility index (Phi) is 9.62. The normalized spacial score (nSPS) is 13.0. The van der Waals surface area contributed by atoms with Crippen LogP contribution in [0.1, 0.15) is 39.6 Å². The number of benzene rings is 11. The van der Waals surface area contributed by atoms with Crippen LogP contribution in [0.25, 0.3) is 86.2 Å². The molecule has 0 amide bonds. The molecule has 2 heterocycles. The van der Waals surface area contributed by atoms with Gasteiger partial charge in [0.25, 0.3) is 0 Å². The standard InChI is InChI=1S/C70H46N2S2/c1-3-19-54-56-27-17-31-64(68(56)73-66(54)4-2)71(48-20-7-5-8-21-48)50-36-34-44-40-58-59-41-45-35-37-51(72(49-22-9-6-10-23-49)65-32-18-28-57-55-26-13-16-33-67(55)74-69(57)65)39-47(45)43-63(59)70(62(58)42-46(44)38-50)60-29-14-11-24-52(60)53-25-12-15-30-61(53)70/h3-43H,2H2,1H3/b19-3-. The number of allylic oxidation sites excluding steroid dienone is 1. The predicted molar refractivity (Wildman–Crippen MR) is 320 cm³/mol. The van der Waals surface area contributed by atoms with Crippen LogP contribution in [-0.4, -0.2) is 0 Å². The fraction of sp³-hybridized carbons (Fsp3) is 0.0286. The smallest absolute Gasteiger partial charge is 0.0725 e. The zero-order valence-corrected chi connectivity index (χ0v) is 42.2. The Labute approximate surface area is 438 Å². The molecule has 2 aliphatic carbocycles. The summed E-state index contributed by atoms with van der Waals surface area (Å²) in [5, 5.41) is 8.67. The highest BCUT2D eigenvalue weighted by atomic mass is 32.1. The Hall–Kier alpha value is -8.80. The molecule has 13 aromatic rings. The third-order valence-corrected chi connectivity index (χ3v) is 18.1. The van der Waals surface area contributed by atoms with Gasteiger partial charge in [-0.15, -0.1) is 22.7 Å². The molecule has 1 spiro atoms. The van der Waals surface area contributed by atoms with Gasteiger partial charge in [-0.05, 0) is 164 Å². The highest BCUT2D eigenvalue weighted by Crippen LogP contribution is 2.64.